The van der Waals surface area contributed by atoms with E-state index < -0.39 is 17.9 Å². The van der Waals surface area contributed by atoms with E-state index >= 15 is 0 Å². The number of aromatic nitrogens is 2. The van der Waals surface area contributed by atoms with Gasteiger partial charge >= 0.3 is 5.97 Å². The van der Waals surface area contributed by atoms with E-state index in [0.29, 0.717) is 16.6 Å². The quantitative estimate of drug-likeness (QED) is 0.602. The lowest BCUT2D eigenvalue weighted by Crippen LogP contribution is -2.44. The molecule has 8 heteroatoms. The van der Waals surface area contributed by atoms with Crippen molar-refractivity contribution < 1.29 is 14.3 Å². The molecule has 0 saturated heterocycles. The monoisotopic (exact) mass is 413 g/mol. The average Bonchev–Trinajstić information content (AvgIpc) is 3.14. The lowest BCUT2D eigenvalue weighted by atomic mass is 10.0. The van der Waals surface area contributed by atoms with E-state index in [1.54, 1.807) is 6.07 Å². The molecule has 0 aliphatic rings. The van der Waals surface area contributed by atoms with Gasteiger partial charge in [0.2, 0.25) is 5.91 Å². The Morgan fingerprint density at radius 1 is 1.24 bits per heavy atom. The Morgan fingerprint density at radius 3 is 2.62 bits per heavy atom. The highest BCUT2D eigenvalue weighted by Crippen LogP contribution is 2.30. The number of thiophene rings is 1. The molecule has 0 radical (unpaired) electrons. The number of fused-ring (bicyclic) bond motifs is 1. The fourth-order valence-electron chi connectivity index (χ4n) is 3.04. The van der Waals surface area contributed by atoms with Gasteiger partial charge in [-0.15, -0.1) is 11.3 Å². The zero-order valence-electron chi connectivity index (χ0n) is 16.5. The number of carbonyl (C=O) groups excluding carboxylic acids is 2. The van der Waals surface area contributed by atoms with Crippen LogP contribution < -0.4 is 10.9 Å². The average molecular weight is 413 g/mol. The molecule has 29 heavy (non-hydrogen) atoms. The molecule has 0 aliphatic carbocycles. The molecule has 3 aromatic rings. The summed E-state index contributed by atoms with van der Waals surface area (Å²) >= 11 is 1.43. The van der Waals surface area contributed by atoms with Crippen LogP contribution in [0, 0.1) is 5.92 Å². The molecule has 1 N–H and O–H groups in total. The highest BCUT2D eigenvalue weighted by molar-refractivity contribution is 7.21. The van der Waals surface area contributed by atoms with Gasteiger partial charge in [0.1, 0.15) is 17.4 Å². The second-order valence-electron chi connectivity index (χ2n) is 7.15. The first-order valence-electron chi connectivity index (χ1n) is 9.30. The number of esters is 1. The summed E-state index contributed by atoms with van der Waals surface area (Å²) in [5.74, 6) is -0.747. The SMILES string of the molecule is COC(=O)[C@@H](CC(C)C)NC(=O)Cn1cnc2sc(-c3ccccc3)cc2c1=O. The van der Waals surface area contributed by atoms with E-state index in [1.807, 2.05) is 44.2 Å². The summed E-state index contributed by atoms with van der Waals surface area (Å²) in [5.41, 5.74) is 0.718. The van der Waals surface area contributed by atoms with Gasteiger partial charge in [0.05, 0.1) is 18.8 Å². The van der Waals surface area contributed by atoms with E-state index in [-0.39, 0.29) is 18.0 Å². The lowest BCUT2D eigenvalue weighted by molar-refractivity contribution is -0.145. The number of carbonyl (C=O) groups is 2. The van der Waals surface area contributed by atoms with Crippen LogP contribution in [0.1, 0.15) is 20.3 Å². The summed E-state index contributed by atoms with van der Waals surface area (Å²) in [7, 11) is 1.28. The Labute approximate surface area is 172 Å². The molecule has 0 spiro atoms. The summed E-state index contributed by atoms with van der Waals surface area (Å²) in [6.45, 7) is 3.68. The summed E-state index contributed by atoms with van der Waals surface area (Å²) in [6.07, 6.45) is 1.82. The maximum atomic E-state index is 12.8. The molecule has 2 heterocycles. The van der Waals surface area contributed by atoms with Crippen LogP contribution >= 0.6 is 11.3 Å². The third-order valence-corrected chi connectivity index (χ3v) is 5.51. The van der Waals surface area contributed by atoms with Crippen LogP contribution in [0.25, 0.3) is 20.7 Å². The van der Waals surface area contributed by atoms with Crippen LogP contribution in [0.3, 0.4) is 0 Å². The number of ether oxygens (including phenoxy) is 1. The topological polar surface area (TPSA) is 90.3 Å². The second kappa shape index (κ2) is 9.00. The van der Waals surface area contributed by atoms with Gasteiger partial charge in [-0.1, -0.05) is 44.2 Å². The summed E-state index contributed by atoms with van der Waals surface area (Å²) in [4.78, 5) is 43.0. The zero-order valence-corrected chi connectivity index (χ0v) is 17.4. The number of rotatable bonds is 7. The van der Waals surface area contributed by atoms with Crippen LogP contribution in [0.5, 0.6) is 0 Å². The number of benzene rings is 1. The van der Waals surface area contributed by atoms with Crippen molar-refractivity contribution in [3.05, 3.63) is 53.1 Å². The molecule has 7 nitrogen and oxygen atoms in total. The fraction of sp³-hybridized carbons (Fsp3) is 0.333. The highest BCUT2D eigenvalue weighted by Gasteiger charge is 2.23. The first-order valence-corrected chi connectivity index (χ1v) is 10.1. The normalized spacial score (nSPS) is 12.1. The fourth-order valence-corrected chi connectivity index (χ4v) is 4.03. The van der Waals surface area contributed by atoms with Crippen LogP contribution in [0.4, 0.5) is 0 Å². The number of methoxy groups -OCH3 is 1. The molecule has 1 amide bonds. The van der Waals surface area contributed by atoms with E-state index in [2.05, 4.69) is 10.3 Å². The number of nitrogens with one attached hydrogen (secondary N) is 1. The van der Waals surface area contributed by atoms with Gasteiger partial charge in [-0.05, 0) is 24.0 Å². The largest absolute Gasteiger partial charge is 0.467 e. The zero-order chi connectivity index (χ0) is 21.0. The van der Waals surface area contributed by atoms with Crippen molar-refractivity contribution in [2.45, 2.75) is 32.9 Å². The molecule has 0 unspecified atom stereocenters. The molecule has 3 rings (SSSR count). The van der Waals surface area contributed by atoms with Gasteiger partial charge in [0.25, 0.3) is 5.56 Å². The maximum Gasteiger partial charge on any atom is 0.328 e. The Hall–Kier alpha value is -3.00. The van der Waals surface area contributed by atoms with Crippen molar-refractivity contribution in [1.29, 1.82) is 0 Å². The molecule has 1 aromatic carbocycles. The van der Waals surface area contributed by atoms with Crippen molar-refractivity contribution >= 4 is 33.4 Å². The summed E-state index contributed by atoms with van der Waals surface area (Å²) < 4.78 is 6.01. The maximum absolute atomic E-state index is 12.8. The molecule has 152 valence electrons. The molecule has 0 aliphatic heterocycles. The Morgan fingerprint density at radius 2 is 1.97 bits per heavy atom. The van der Waals surface area contributed by atoms with Gasteiger partial charge in [0, 0.05) is 4.88 Å². The molecule has 1 atom stereocenters. The van der Waals surface area contributed by atoms with Crippen LogP contribution in [-0.2, 0) is 20.9 Å². The molecule has 2 aromatic heterocycles. The summed E-state index contributed by atoms with van der Waals surface area (Å²) in [6, 6.07) is 10.8. The van der Waals surface area contributed by atoms with Gasteiger partial charge in [-0.2, -0.15) is 0 Å². The second-order valence-corrected chi connectivity index (χ2v) is 8.18. The van der Waals surface area contributed by atoms with Crippen molar-refractivity contribution in [1.82, 2.24) is 14.9 Å². The molecular weight excluding hydrogens is 390 g/mol. The Balaban J connectivity index is 1.81. The van der Waals surface area contributed by atoms with E-state index in [1.165, 1.54) is 29.3 Å². The third kappa shape index (κ3) is 4.89. The van der Waals surface area contributed by atoms with Crippen LogP contribution in [0.15, 0.2) is 47.5 Å². The number of nitrogens with zero attached hydrogens (tertiary/aromatic N) is 2. The van der Waals surface area contributed by atoms with Gasteiger partial charge in [-0.3, -0.25) is 14.2 Å². The Kier molecular flexibility index (Phi) is 6.43. The molecule has 0 saturated carbocycles. The molecule has 0 bridgehead atoms. The van der Waals surface area contributed by atoms with Crippen molar-refractivity contribution in [3.8, 4) is 10.4 Å². The standard InChI is InChI=1S/C21H23N3O4S/c1-13(2)9-16(21(27)28-3)23-18(25)11-24-12-22-19-15(20(24)26)10-17(29-19)14-7-5-4-6-8-14/h4-8,10,12-13,16H,9,11H2,1-3H3,(H,23,25)/t16-/m1/s1. The minimum Gasteiger partial charge on any atom is -0.467 e. The van der Waals surface area contributed by atoms with Gasteiger partial charge < -0.3 is 10.1 Å². The Bertz CT molecular complexity index is 1070. The predicted molar refractivity (Wildman–Crippen MR) is 113 cm³/mol. The van der Waals surface area contributed by atoms with E-state index in [9.17, 15) is 14.4 Å². The first kappa shape index (κ1) is 20.7. The molecular formula is C21H23N3O4S. The third-order valence-electron chi connectivity index (χ3n) is 4.42. The van der Waals surface area contributed by atoms with Gasteiger partial charge in [-0.25, -0.2) is 9.78 Å². The smallest absolute Gasteiger partial charge is 0.328 e. The number of hydrogen-bond acceptors (Lipinski definition) is 6. The van der Waals surface area contributed by atoms with Crippen molar-refractivity contribution in [2.24, 2.45) is 5.92 Å². The van der Waals surface area contributed by atoms with Gasteiger partial charge in [0.15, 0.2) is 0 Å². The summed E-state index contributed by atoms with van der Waals surface area (Å²) in [5, 5.41) is 3.12. The first-order chi connectivity index (χ1) is 13.9. The minimum atomic E-state index is -0.745. The lowest BCUT2D eigenvalue weighted by Gasteiger charge is -2.18. The predicted octanol–water partition coefficient (Wildman–Crippen LogP) is 2.83. The molecule has 0 fully saturated rings. The van der Waals surface area contributed by atoms with Crippen molar-refractivity contribution in [2.75, 3.05) is 7.11 Å². The number of hydrogen-bond donors (Lipinski definition) is 1. The number of amides is 1. The highest BCUT2D eigenvalue weighted by atomic mass is 32.1. The minimum absolute atomic E-state index is 0.197. The van der Waals surface area contributed by atoms with E-state index in [0.717, 1.165) is 10.4 Å². The van der Waals surface area contributed by atoms with Crippen molar-refractivity contribution in [3.63, 3.8) is 0 Å². The van der Waals surface area contributed by atoms with Crippen LogP contribution in [0.2, 0.25) is 0 Å². The van der Waals surface area contributed by atoms with Crippen LogP contribution in [-0.4, -0.2) is 34.6 Å². The van der Waals surface area contributed by atoms with E-state index in [4.69, 9.17) is 4.74 Å².